The summed E-state index contributed by atoms with van der Waals surface area (Å²) in [5.41, 5.74) is 0.980. The van der Waals surface area contributed by atoms with Crippen molar-refractivity contribution in [3.63, 3.8) is 0 Å². The van der Waals surface area contributed by atoms with Crippen LogP contribution in [0.5, 0.6) is 5.75 Å². The molecule has 2 aromatic carbocycles. The van der Waals surface area contributed by atoms with E-state index >= 15 is 0 Å². The summed E-state index contributed by atoms with van der Waals surface area (Å²) < 4.78 is 12.1. The van der Waals surface area contributed by atoms with Gasteiger partial charge < -0.3 is 9.47 Å². The van der Waals surface area contributed by atoms with Gasteiger partial charge in [-0.2, -0.15) is 0 Å². The first-order valence-electron chi connectivity index (χ1n) is 8.20. The molecule has 0 N–H and O–H groups in total. The quantitative estimate of drug-likeness (QED) is 0.616. The molecular formula is C20H18ClNO4. The maximum Gasteiger partial charge on any atom is 0.340 e. The van der Waals surface area contributed by atoms with E-state index in [1.165, 1.54) is 17.9 Å². The van der Waals surface area contributed by atoms with Crippen molar-refractivity contribution in [2.45, 2.75) is 19.4 Å². The molecule has 0 aliphatic heterocycles. The number of methoxy groups -OCH3 is 1. The van der Waals surface area contributed by atoms with Crippen molar-refractivity contribution in [2.75, 3.05) is 7.11 Å². The molecule has 0 saturated carbocycles. The molecule has 0 bridgehead atoms. The summed E-state index contributed by atoms with van der Waals surface area (Å²) >= 11 is 5.88. The van der Waals surface area contributed by atoms with E-state index in [4.69, 9.17) is 21.1 Å². The second-order valence-corrected chi connectivity index (χ2v) is 6.16. The highest BCUT2D eigenvalue weighted by Crippen LogP contribution is 2.24. The van der Waals surface area contributed by atoms with Crippen molar-refractivity contribution in [2.24, 2.45) is 0 Å². The van der Waals surface area contributed by atoms with E-state index < -0.39 is 12.1 Å². The number of ether oxygens (including phenoxy) is 2. The van der Waals surface area contributed by atoms with Crippen LogP contribution < -0.4 is 4.74 Å². The van der Waals surface area contributed by atoms with Gasteiger partial charge in [0.15, 0.2) is 6.10 Å². The maximum atomic E-state index is 13.0. The number of nitrogens with zero attached hydrogens (tertiary/aromatic N) is 1. The van der Waals surface area contributed by atoms with Gasteiger partial charge in [-0.15, -0.1) is 0 Å². The lowest BCUT2D eigenvalue weighted by Gasteiger charge is -2.17. The van der Waals surface area contributed by atoms with E-state index in [1.807, 2.05) is 19.1 Å². The Kier molecular flexibility index (Phi) is 5.28. The molecule has 0 spiro atoms. The summed E-state index contributed by atoms with van der Waals surface area (Å²) in [6.45, 7) is 1.87. The molecule has 0 radical (unpaired) electrons. The molecule has 6 heteroatoms. The normalized spacial score (nSPS) is 12.0. The number of esters is 1. The van der Waals surface area contributed by atoms with Crippen LogP contribution in [-0.2, 0) is 4.74 Å². The SMILES string of the molecule is CCC(Oc1ccc(Cl)cc1)C(=O)n1cc(C(=O)OC)c2ccccc21. The zero-order valence-corrected chi connectivity index (χ0v) is 15.2. The number of aromatic nitrogens is 1. The van der Waals surface area contributed by atoms with Crippen molar-refractivity contribution in [1.82, 2.24) is 4.57 Å². The van der Waals surface area contributed by atoms with Gasteiger partial charge in [0.05, 0.1) is 18.2 Å². The van der Waals surface area contributed by atoms with Gasteiger partial charge in [0.25, 0.3) is 5.91 Å². The topological polar surface area (TPSA) is 57.5 Å². The highest BCUT2D eigenvalue weighted by Gasteiger charge is 2.25. The highest BCUT2D eigenvalue weighted by molar-refractivity contribution is 6.30. The monoisotopic (exact) mass is 371 g/mol. The van der Waals surface area contributed by atoms with Crippen LogP contribution in [0.15, 0.2) is 54.7 Å². The fraction of sp³-hybridized carbons (Fsp3) is 0.200. The van der Waals surface area contributed by atoms with Gasteiger partial charge >= 0.3 is 5.97 Å². The number of para-hydroxylation sites is 1. The third-order valence-corrected chi connectivity index (χ3v) is 4.34. The second-order valence-electron chi connectivity index (χ2n) is 5.73. The minimum Gasteiger partial charge on any atom is -0.481 e. The zero-order valence-electron chi connectivity index (χ0n) is 14.4. The number of rotatable bonds is 5. The smallest absolute Gasteiger partial charge is 0.340 e. The van der Waals surface area contributed by atoms with Crippen LogP contribution in [0.2, 0.25) is 5.02 Å². The molecule has 134 valence electrons. The van der Waals surface area contributed by atoms with E-state index in [9.17, 15) is 9.59 Å². The largest absolute Gasteiger partial charge is 0.481 e. The van der Waals surface area contributed by atoms with Crippen LogP contribution in [0, 0.1) is 0 Å². The molecule has 0 aliphatic carbocycles. The lowest BCUT2D eigenvalue weighted by atomic mass is 10.2. The van der Waals surface area contributed by atoms with Crippen LogP contribution in [0.4, 0.5) is 0 Å². The van der Waals surface area contributed by atoms with Crippen LogP contribution in [-0.4, -0.2) is 29.7 Å². The van der Waals surface area contributed by atoms with Gasteiger partial charge in [0, 0.05) is 16.6 Å². The number of hydrogen-bond donors (Lipinski definition) is 0. The van der Waals surface area contributed by atoms with Gasteiger partial charge in [-0.3, -0.25) is 9.36 Å². The Hall–Kier alpha value is -2.79. The summed E-state index contributed by atoms with van der Waals surface area (Å²) in [5, 5.41) is 1.25. The van der Waals surface area contributed by atoms with E-state index in [2.05, 4.69) is 0 Å². The lowest BCUT2D eigenvalue weighted by Crippen LogP contribution is -2.31. The Labute approximate surface area is 156 Å². The van der Waals surface area contributed by atoms with Gasteiger partial charge in [0.2, 0.25) is 0 Å². The summed E-state index contributed by atoms with van der Waals surface area (Å²) in [6, 6.07) is 14.0. The average molecular weight is 372 g/mol. The first kappa shape index (κ1) is 18.0. The highest BCUT2D eigenvalue weighted by atomic mass is 35.5. The van der Waals surface area contributed by atoms with E-state index in [0.29, 0.717) is 33.7 Å². The summed E-state index contributed by atoms with van der Waals surface area (Å²) in [7, 11) is 1.31. The molecular weight excluding hydrogens is 354 g/mol. The second kappa shape index (κ2) is 7.62. The Morgan fingerprint density at radius 2 is 1.81 bits per heavy atom. The summed E-state index contributed by atoms with van der Waals surface area (Å²) in [6.07, 6.45) is 1.28. The summed E-state index contributed by atoms with van der Waals surface area (Å²) in [4.78, 5) is 25.1. The Morgan fingerprint density at radius 3 is 2.46 bits per heavy atom. The van der Waals surface area contributed by atoms with E-state index in [-0.39, 0.29) is 5.91 Å². The third kappa shape index (κ3) is 3.44. The number of fused-ring (bicyclic) bond motifs is 1. The fourth-order valence-electron chi connectivity index (χ4n) is 2.78. The molecule has 26 heavy (non-hydrogen) atoms. The van der Waals surface area contributed by atoms with E-state index in [1.54, 1.807) is 36.4 Å². The molecule has 1 atom stereocenters. The van der Waals surface area contributed by atoms with Crippen molar-refractivity contribution in [3.8, 4) is 5.75 Å². The molecule has 1 aromatic heterocycles. The molecule has 0 amide bonds. The minimum absolute atomic E-state index is 0.256. The standard InChI is InChI=1S/C20H18ClNO4/c1-3-18(26-14-10-8-13(21)9-11-14)19(23)22-12-16(20(24)25-2)15-6-4-5-7-17(15)22/h4-12,18H,3H2,1-2H3. The summed E-state index contributed by atoms with van der Waals surface area (Å²) in [5.74, 6) is -0.188. The van der Waals surface area contributed by atoms with Gasteiger partial charge in [-0.25, -0.2) is 4.79 Å². The van der Waals surface area contributed by atoms with Gasteiger partial charge in [-0.1, -0.05) is 36.7 Å². The van der Waals surface area contributed by atoms with E-state index in [0.717, 1.165) is 0 Å². The number of carbonyl (C=O) groups is 2. The number of benzene rings is 2. The molecule has 1 heterocycles. The maximum absolute atomic E-state index is 13.0. The average Bonchev–Trinajstić information content (AvgIpc) is 3.06. The molecule has 0 aliphatic rings. The number of hydrogen-bond acceptors (Lipinski definition) is 4. The van der Waals surface area contributed by atoms with Gasteiger partial charge in [0.1, 0.15) is 5.75 Å². The van der Waals surface area contributed by atoms with Crippen molar-refractivity contribution >= 4 is 34.4 Å². The van der Waals surface area contributed by atoms with Crippen LogP contribution in [0.25, 0.3) is 10.9 Å². The molecule has 0 saturated heterocycles. The van der Waals surface area contributed by atoms with Crippen LogP contribution in [0.3, 0.4) is 0 Å². The Balaban J connectivity index is 1.97. The molecule has 5 nitrogen and oxygen atoms in total. The molecule has 3 rings (SSSR count). The third-order valence-electron chi connectivity index (χ3n) is 4.09. The zero-order chi connectivity index (χ0) is 18.7. The predicted molar refractivity (Wildman–Crippen MR) is 100 cm³/mol. The van der Waals surface area contributed by atoms with Crippen molar-refractivity contribution < 1.29 is 19.1 Å². The lowest BCUT2D eigenvalue weighted by molar-refractivity contribution is 0.0602. The molecule has 0 fully saturated rings. The van der Waals surface area contributed by atoms with Gasteiger partial charge in [-0.05, 0) is 36.8 Å². The Bertz CT molecular complexity index is 946. The number of halogens is 1. The predicted octanol–water partition coefficient (Wildman–Crippen LogP) is 4.58. The number of carbonyl (C=O) groups excluding carboxylic acids is 2. The van der Waals surface area contributed by atoms with Crippen LogP contribution >= 0.6 is 11.6 Å². The van der Waals surface area contributed by atoms with Crippen molar-refractivity contribution in [3.05, 3.63) is 65.3 Å². The fourth-order valence-corrected chi connectivity index (χ4v) is 2.90. The first-order chi connectivity index (χ1) is 12.5. The molecule has 3 aromatic rings. The Morgan fingerprint density at radius 1 is 1.12 bits per heavy atom. The van der Waals surface area contributed by atoms with Crippen molar-refractivity contribution in [1.29, 1.82) is 0 Å². The molecule has 1 unspecified atom stereocenters. The van der Waals surface area contributed by atoms with Crippen LogP contribution in [0.1, 0.15) is 28.5 Å². The first-order valence-corrected chi connectivity index (χ1v) is 8.57. The minimum atomic E-state index is -0.697.